The number of benzene rings is 1. The number of hydrogen-bond donors (Lipinski definition) is 2. The summed E-state index contributed by atoms with van der Waals surface area (Å²) in [4.78, 5) is 25.9. The molecule has 1 amide bonds. The fourth-order valence-corrected chi connectivity index (χ4v) is 3.22. The van der Waals surface area contributed by atoms with Gasteiger partial charge in [-0.1, -0.05) is 11.6 Å². The van der Waals surface area contributed by atoms with Crippen LogP contribution < -0.4 is 5.32 Å². The van der Waals surface area contributed by atoms with Crippen molar-refractivity contribution in [3.8, 4) is 0 Å². The Morgan fingerprint density at radius 3 is 2.67 bits per heavy atom. The minimum atomic E-state index is -0.166. The number of hydrogen-bond acceptors (Lipinski definition) is 6. The number of aryl methyl sites for hydroxylation is 1. The second-order valence-corrected chi connectivity index (χ2v) is 7.15. The molecule has 1 saturated heterocycles. The molecule has 1 fully saturated rings. The van der Waals surface area contributed by atoms with Crippen LogP contribution in [0.3, 0.4) is 0 Å². The Morgan fingerprint density at radius 2 is 1.96 bits per heavy atom. The number of amides is 1. The molecule has 1 aromatic carbocycles. The van der Waals surface area contributed by atoms with Crippen LogP contribution in [-0.4, -0.2) is 69.1 Å². The second-order valence-electron chi connectivity index (χ2n) is 6.71. The van der Waals surface area contributed by atoms with E-state index in [0.29, 0.717) is 35.3 Å². The predicted octanol–water partition coefficient (Wildman–Crippen LogP) is 2.45. The van der Waals surface area contributed by atoms with Crippen LogP contribution in [0.1, 0.15) is 16.3 Å². The number of aromatic amines is 1. The number of carbonyl (C=O) groups is 1. The van der Waals surface area contributed by atoms with Gasteiger partial charge in [-0.05, 0) is 32.2 Å². The number of nitrogens with zero attached hydrogens (tertiary/aromatic N) is 5. The fraction of sp³-hybridized carbons (Fsp3) is 0.333. The standard InChI is InChI=1S/C18H20ClN7O/c1-11-9-15(24-23-11)21-16-13-10-12(19)3-4-14(13)20-17(22-16)18(27)26-7-5-25(2)6-8-26/h3-4,9-10H,5-8H2,1-2H3,(H2,20,21,22,23,24). The number of rotatable bonds is 3. The number of carbonyl (C=O) groups excluding carboxylic acids is 1. The number of halogens is 1. The molecule has 0 spiro atoms. The normalized spacial score (nSPS) is 15.3. The summed E-state index contributed by atoms with van der Waals surface area (Å²) in [6.45, 7) is 4.92. The lowest BCUT2D eigenvalue weighted by Gasteiger charge is -2.31. The van der Waals surface area contributed by atoms with Crippen molar-refractivity contribution < 1.29 is 4.79 Å². The van der Waals surface area contributed by atoms with E-state index in [1.165, 1.54) is 0 Å². The molecular weight excluding hydrogens is 366 g/mol. The summed E-state index contributed by atoms with van der Waals surface area (Å²) in [6.07, 6.45) is 0. The SMILES string of the molecule is Cc1cc(Nc2nc(C(=O)N3CCN(C)CC3)nc3ccc(Cl)cc23)n[nH]1. The number of likely N-dealkylation sites (N-methyl/N-ethyl adjacent to an activating group) is 1. The molecule has 9 heteroatoms. The van der Waals surface area contributed by atoms with Crippen LogP contribution >= 0.6 is 11.6 Å². The van der Waals surface area contributed by atoms with Crippen LogP contribution in [0.25, 0.3) is 10.9 Å². The summed E-state index contributed by atoms with van der Waals surface area (Å²) >= 11 is 6.15. The van der Waals surface area contributed by atoms with Crippen LogP contribution in [0.4, 0.5) is 11.6 Å². The molecule has 3 heterocycles. The van der Waals surface area contributed by atoms with Gasteiger partial charge in [0.1, 0.15) is 5.82 Å². The quantitative estimate of drug-likeness (QED) is 0.719. The lowest BCUT2D eigenvalue weighted by atomic mass is 10.2. The maximum atomic E-state index is 12.9. The van der Waals surface area contributed by atoms with Gasteiger partial charge in [0.05, 0.1) is 5.52 Å². The molecule has 4 rings (SSSR count). The van der Waals surface area contributed by atoms with Gasteiger partial charge in [-0.15, -0.1) is 0 Å². The first-order chi connectivity index (χ1) is 13.0. The molecule has 140 valence electrons. The number of H-pyrrole nitrogens is 1. The second kappa shape index (κ2) is 7.13. The highest BCUT2D eigenvalue weighted by Crippen LogP contribution is 2.26. The van der Waals surface area contributed by atoms with E-state index in [9.17, 15) is 4.79 Å². The van der Waals surface area contributed by atoms with Gasteiger partial charge in [-0.3, -0.25) is 9.89 Å². The predicted molar refractivity (Wildman–Crippen MR) is 105 cm³/mol. The average molecular weight is 386 g/mol. The highest BCUT2D eigenvalue weighted by molar-refractivity contribution is 6.31. The van der Waals surface area contributed by atoms with Crippen molar-refractivity contribution in [2.75, 3.05) is 38.5 Å². The topological polar surface area (TPSA) is 90.0 Å². The molecule has 2 aromatic heterocycles. The largest absolute Gasteiger partial charge is 0.333 e. The van der Waals surface area contributed by atoms with Gasteiger partial charge >= 0.3 is 0 Å². The Morgan fingerprint density at radius 1 is 1.19 bits per heavy atom. The molecule has 1 aliphatic rings. The van der Waals surface area contributed by atoms with Crippen molar-refractivity contribution in [2.24, 2.45) is 0 Å². The van der Waals surface area contributed by atoms with Crippen LogP contribution in [0.15, 0.2) is 24.3 Å². The number of fused-ring (bicyclic) bond motifs is 1. The molecular formula is C18H20ClN7O. The van der Waals surface area contributed by atoms with Gasteiger partial charge in [0.15, 0.2) is 5.82 Å². The van der Waals surface area contributed by atoms with E-state index in [1.807, 2.05) is 20.0 Å². The lowest BCUT2D eigenvalue weighted by Crippen LogP contribution is -2.47. The van der Waals surface area contributed by atoms with Gasteiger partial charge in [0, 0.05) is 48.3 Å². The maximum absolute atomic E-state index is 12.9. The highest BCUT2D eigenvalue weighted by atomic mass is 35.5. The van der Waals surface area contributed by atoms with Crippen molar-refractivity contribution in [2.45, 2.75) is 6.92 Å². The van der Waals surface area contributed by atoms with E-state index in [-0.39, 0.29) is 11.7 Å². The number of piperazine rings is 1. The third kappa shape index (κ3) is 3.72. The molecule has 0 bridgehead atoms. The van der Waals surface area contributed by atoms with Crippen molar-refractivity contribution in [3.05, 3.63) is 40.8 Å². The molecule has 1 aliphatic heterocycles. The molecule has 0 aliphatic carbocycles. The molecule has 8 nitrogen and oxygen atoms in total. The Balaban J connectivity index is 1.73. The van der Waals surface area contributed by atoms with Crippen LogP contribution in [-0.2, 0) is 0 Å². The van der Waals surface area contributed by atoms with Crippen molar-refractivity contribution in [1.82, 2.24) is 30.0 Å². The zero-order valence-corrected chi connectivity index (χ0v) is 15.9. The van der Waals surface area contributed by atoms with Crippen LogP contribution in [0.5, 0.6) is 0 Å². The van der Waals surface area contributed by atoms with Crippen molar-refractivity contribution in [1.29, 1.82) is 0 Å². The first-order valence-electron chi connectivity index (χ1n) is 8.74. The van der Waals surface area contributed by atoms with E-state index < -0.39 is 0 Å². The Bertz CT molecular complexity index is 995. The molecule has 27 heavy (non-hydrogen) atoms. The van der Waals surface area contributed by atoms with Crippen LogP contribution in [0, 0.1) is 6.92 Å². The van der Waals surface area contributed by atoms with Crippen molar-refractivity contribution >= 4 is 40.0 Å². The van der Waals surface area contributed by atoms with Gasteiger partial charge in [0.2, 0.25) is 5.82 Å². The molecule has 0 atom stereocenters. The van der Waals surface area contributed by atoms with E-state index >= 15 is 0 Å². The molecule has 0 unspecified atom stereocenters. The van der Waals surface area contributed by atoms with Gasteiger partial charge in [-0.2, -0.15) is 5.10 Å². The monoisotopic (exact) mass is 385 g/mol. The summed E-state index contributed by atoms with van der Waals surface area (Å²) in [5.74, 6) is 1.13. The highest BCUT2D eigenvalue weighted by Gasteiger charge is 2.24. The summed E-state index contributed by atoms with van der Waals surface area (Å²) in [5.41, 5.74) is 1.57. The third-order valence-electron chi connectivity index (χ3n) is 4.59. The van der Waals surface area contributed by atoms with Gasteiger partial charge < -0.3 is 15.1 Å². The summed E-state index contributed by atoms with van der Waals surface area (Å²) < 4.78 is 0. The number of aromatic nitrogens is 4. The number of anilines is 2. The first-order valence-corrected chi connectivity index (χ1v) is 9.11. The Hall–Kier alpha value is -2.71. The minimum Gasteiger partial charge on any atom is -0.333 e. The zero-order valence-electron chi connectivity index (χ0n) is 15.2. The average Bonchev–Trinajstić information content (AvgIpc) is 3.07. The molecule has 3 aromatic rings. The maximum Gasteiger partial charge on any atom is 0.291 e. The molecule has 0 radical (unpaired) electrons. The van der Waals surface area contributed by atoms with E-state index in [1.54, 1.807) is 23.1 Å². The molecule has 2 N–H and O–H groups in total. The first kappa shape index (κ1) is 17.7. The Labute approximate surface area is 161 Å². The van der Waals surface area contributed by atoms with E-state index in [2.05, 4.69) is 30.4 Å². The summed E-state index contributed by atoms with van der Waals surface area (Å²) in [5, 5.41) is 11.5. The molecule has 0 saturated carbocycles. The zero-order chi connectivity index (χ0) is 19.0. The number of nitrogens with one attached hydrogen (secondary N) is 2. The minimum absolute atomic E-state index is 0.166. The Kier molecular flexibility index (Phi) is 4.67. The summed E-state index contributed by atoms with van der Waals surface area (Å²) in [6, 6.07) is 7.19. The lowest BCUT2D eigenvalue weighted by molar-refractivity contribution is 0.0652. The van der Waals surface area contributed by atoms with Crippen LogP contribution in [0.2, 0.25) is 5.02 Å². The van der Waals surface area contributed by atoms with Crippen molar-refractivity contribution in [3.63, 3.8) is 0 Å². The third-order valence-corrected chi connectivity index (χ3v) is 4.83. The summed E-state index contributed by atoms with van der Waals surface area (Å²) in [7, 11) is 2.05. The fourth-order valence-electron chi connectivity index (χ4n) is 3.05. The van der Waals surface area contributed by atoms with E-state index in [0.717, 1.165) is 24.2 Å². The van der Waals surface area contributed by atoms with E-state index in [4.69, 9.17) is 11.6 Å². The van der Waals surface area contributed by atoms with Gasteiger partial charge in [-0.25, -0.2) is 9.97 Å². The van der Waals surface area contributed by atoms with Gasteiger partial charge in [0.25, 0.3) is 5.91 Å². The smallest absolute Gasteiger partial charge is 0.291 e.